The molecule has 0 radical (unpaired) electrons. The quantitative estimate of drug-likeness (QED) is 0.806. The number of nitrogens with one attached hydrogen (secondary N) is 1. The van der Waals surface area contributed by atoms with E-state index in [-0.39, 0.29) is 6.61 Å². The van der Waals surface area contributed by atoms with E-state index < -0.39 is 6.10 Å². The largest absolute Gasteiger partial charge is 0.491 e. The van der Waals surface area contributed by atoms with Crippen LogP contribution in [0.25, 0.3) is 0 Å². The van der Waals surface area contributed by atoms with Crippen LogP contribution in [-0.2, 0) is 0 Å². The third-order valence-electron chi connectivity index (χ3n) is 2.10. The second-order valence-corrected chi connectivity index (χ2v) is 4.87. The fourth-order valence-electron chi connectivity index (χ4n) is 1.28. The zero-order valence-electron chi connectivity index (χ0n) is 9.90. The molecule has 0 saturated carbocycles. The normalized spacial score (nSPS) is 11.6. The molecule has 1 aromatic carbocycles. The standard InChI is InChI=1S/C13H15BrN2O2/c1-10(14)7-16-8-12(17)9-18-13-4-2-3-11(5-13)6-15/h2-5,12,16-17H,1,7-9H2. The second kappa shape index (κ2) is 7.88. The van der Waals surface area contributed by atoms with Crippen LogP contribution in [0.5, 0.6) is 5.75 Å². The van der Waals surface area contributed by atoms with Gasteiger partial charge < -0.3 is 15.2 Å². The van der Waals surface area contributed by atoms with Gasteiger partial charge in [-0.25, -0.2) is 0 Å². The summed E-state index contributed by atoms with van der Waals surface area (Å²) < 4.78 is 6.22. The summed E-state index contributed by atoms with van der Waals surface area (Å²) in [6, 6.07) is 8.87. The van der Waals surface area contributed by atoms with Crippen LogP contribution in [0.15, 0.2) is 35.3 Å². The van der Waals surface area contributed by atoms with Gasteiger partial charge in [0.25, 0.3) is 0 Å². The lowest BCUT2D eigenvalue weighted by Gasteiger charge is -2.13. The molecule has 4 nitrogen and oxygen atoms in total. The Bertz CT molecular complexity index is 443. The predicted octanol–water partition coefficient (Wildman–Crippen LogP) is 1.80. The first kappa shape index (κ1) is 14.7. The predicted molar refractivity (Wildman–Crippen MR) is 73.6 cm³/mol. The van der Waals surface area contributed by atoms with Gasteiger partial charge in [-0.2, -0.15) is 5.26 Å². The molecule has 1 unspecified atom stereocenters. The molecule has 1 rings (SSSR count). The van der Waals surface area contributed by atoms with Crippen molar-refractivity contribution in [2.75, 3.05) is 19.7 Å². The van der Waals surface area contributed by atoms with Crippen LogP contribution >= 0.6 is 15.9 Å². The molecule has 0 amide bonds. The van der Waals surface area contributed by atoms with Gasteiger partial charge in [0.15, 0.2) is 0 Å². The molecular weight excluding hydrogens is 296 g/mol. The minimum absolute atomic E-state index is 0.177. The van der Waals surface area contributed by atoms with E-state index in [1.54, 1.807) is 24.3 Å². The maximum atomic E-state index is 9.65. The van der Waals surface area contributed by atoms with Gasteiger partial charge >= 0.3 is 0 Å². The van der Waals surface area contributed by atoms with E-state index in [0.29, 0.717) is 24.4 Å². The monoisotopic (exact) mass is 310 g/mol. The van der Waals surface area contributed by atoms with E-state index in [4.69, 9.17) is 10.00 Å². The Morgan fingerprint density at radius 3 is 3.06 bits per heavy atom. The molecule has 0 aliphatic carbocycles. The van der Waals surface area contributed by atoms with E-state index in [1.165, 1.54) is 0 Å². The number of hydrogen-bond acceptors (Lipinski definition) is 4. The Balaban J connectivity index is 2.31. The Kier molecular flexibility index (Phi) is 6.44. The van der Waals surface area contributed by atoms with Gasteiger partial charge in [0, 0.05) is 17.6 Å². The minimum Gasteiger partial charge on any atom is -0.491 e. The molecule has 0 aliphatic rings. The van der Waals surface area contributed by atoms with Crippen molar-refractivity contribution in [1.82, 2.24) is 5.32 Å². The highest BCUT2D eigenvalue weighted by Gasteiger charge is 2.05. The Morgan fingerprint density at radius 2 is 2.39 bits per heavy atom. The number of nitriles is 1. The molecule has 2 N–H and O–H groups in total. The number of benzene rings is 1. The number of aliphatic hydroxyl groups excluding tert-OH is 1. The van der Waals surface area contributed by atoms with Crippen LogP contribution in [0.3, 0.4) is 0 Å². The lowest BCUT2D eigenvalue weighted by atomic mass is 10.2. The van der Waals surface area contributed by atoms with Gasteiger partial charge in [0.05, 0.1) is 11.6 Å². The Labute approximate surface area is 115 Å². The van der Waals surface area contributed by atoms with Crippen LogP contribution in [0.4, 0.5) is 0 Å². The highest BCUT2D eigenvalue weighted by Crippen LogP contribution is 2.12. The van der Waals surface area contributed by atoms with Gasteiger partial charge in [-0.3, -0.25) is 0 Å². The third-order valence-corrected chi connectivity index (χ3v) is 2.38. The average Bonchev–Trinajstić information content (AvgIpc) is 2.36. The minimum atomic E-state index is -0.609. The smallest absolute Gasteiger partial charge is 0.120 e. The highest BCUT2D eigenvalue weighted by atomic mass is 79.9. The maximum Gasteiger partial charge on any atom is 0.120 e. The number of rotatable bonds is 7. The molecule has 1 atom stereocenters. The molecule has 0 heterocycles. The van der Waals surface area contributed by atoms with E-state index >= 15 is 0 Å². The maximum absolute atomic E-state index is 9.65. The van der Waals surface area contributed by atoms with Crippen LogP contribution in [-0.4, -0.2) is 30.9 Å². The van der Waals surface area contributed by atoms with E-state index in [9.17, 15) is 5.11 Å². The second-order valence-electron chi connectivity index (χ2n) is 3.75. The Hall–Kier alpha value is -1.35. The first-order valence-corrected chi connectivity index (χ1v) is 6.26. The summed E-state index contributed by atoms with van der Waals surface area (Å²) in [5.41, 5.74) is 0.538. The van der Waals surface area contributed by atoms with Gasteiger partial charge in [-0.1, -0.05) is 28.6 Å². The van der Waals surface area contributed by atoms with Gasteiger partial charge in [-0.15, -0.1) is 0 Å². The Morgan fingerprint density at radius 1 is 1.61 bits per heavy atom. The molecule has 5 heteroatoms. The molecule has 0 fully saturated rings. The summed E-state index contributed by atoms with van der Waals surface area (Å²) in [5.74, 6) is 0.581. The molecule has 0 bridgehead atoms. The van der Waals surface area contributed by atoms with Crippen molar-refractivity contribution in [3.63, 3.8) is 0 Å². The number of aliphatic hydroxyl groups is 1. The lowest BCUT2D eigenvalue weighted by molar-refractivity contribution is 0.107. The van der Waals surface area contributed by atoms with Crippen LogP contribution in [0.2, 0.25) is 0 Å². The number of hydrogen-bond donors (Lipinski definition) is 2. The molecule has 0 saturated heterocycles. The van der Waals surface area contributed by atoms with Crippen molar-refractivity contribution in [3.05, 3.63) is 40.9 Å². The summed E-state index contributed by atoms with van der Waals surface area (Å²) in [5, 5.41) is 21.4. The topological polar surface area (TPSA) is 65.3 Å². The molecule has 1 aromatic rings. The highest BCUT2D eigenvalue weighted by molar-refractivity contribution is 9.11. The molecule has 18 heavy (non-hydrogen) atoms. The number of halogens is 1. The van der Waals surface area contributed by atoms with Crippen molar-refractivity contribution in [2.24, 2.45) is 0 Å². The zero-order valence-corrected chi connectivity index (χ0v) is 11.5. The molecule has 0 aromatic heterocycles. The SMILES string of the molecule is C=C(Br)CNCC(O)COc1cccc(C#N)c1. The summed E-state index contributed by atoms with van der Waals surface area (Å²) in [6.07, 6.45) is -0.609. The average molecular weight is 311 g/mol. The molecule has 96 valence electrons. The number of ether oxygens (including phenoxy) is 1. The summed E-state index contributed by atoms with van der Waals surface area (Å²) >= 11 is 3.22. The van der Waals surface area contributed by atoms with Gasteiger partial charge in [0.1, 0.15) is 18.5 Å². The summed E-state index contributed by atoms with van der Waals surface area (Å²) in [7, 11) is 0. The van der Waals surface area contributed by atoms with E-state index in [1.807, 2.05) is 6.07 Å². The van der Waals surface area contributed by atoms with Crippen LogP contribution in [0.1, 0.15) is 5.56 Å². The zero-order chi connectivity index (χ0) is 13.4. The van der Waals surface area contributed by atoms with Crippen molar-refractivity contribution in [1.29, 1.82) is 5.26 Å². The summed E-state index contributed by atoms with van der Waals surface area (Å²) in [6.45, 7) is 4.87. The fraction of sp³-hybridized carbons (Fsp3) is 0.308. The fourth-order valence-corrected chi connectivity index (χ4v) is 1.48. The van der Waals surface area contributed by atoms with Crippen molar-refractivity contribution in [2.45, 2.75) is 6.10 Å². The first-order chi connectivity index (χ1) is 8.61. The van der Waals surface area contributed by atoms with Gasteiger partial charge in [-0.05, 0) is 18.2 Å². The molecule has 0 spiro atoms. The number of nitrogens with zero attached hydrogens (tertiary/aromatic N) is 1. The van der Waals surface area contributed by atoms with Crippen molar-refractivity contribution < 1.29 is 9.84 Å². The molecular formula is C13H15BrN2O2. The lowest BCUT2D eigenvalue weighted by Crippen LogP contribution is -2.32. The first-order valence-electron chi connectivity index (χ1n) is 5.47. The van der Waals surface area contributed by atoms with Gasteiger partial charge in [0.2, 0.25) is 0 Å². The van der Waals surface area contributed by atoms with Crippen LogP contribution in [0, 0.1) is 11.3 Å². The van der Waals surface area contributed by atoms with Crippen molar-refractivity contribution in [3.8, 4) is 11.8 Å². The van der Waals surface area contributed by atoms with E-state index in [2.05, 4.69) is 27.8 Å². The third kappa shape index (κ3) is 5.82. The van der Waals surface area contributed by atoms with Crippen LogP contribution < -0.4 is 10.1 Å². The van der Waals surface area contributed by atoms with Crippen molar-refractivity contribution >= 4 is 15.9 Å². The van der Waals surface area contributed by atoms with E-state index in [0.717, 1.165) is 4.48 Å². The summed E-state index contributed by atoms with van der Waals surface area (Å²) in [4.78, 5) is 0. The molecule has 0 aliphatic heterocycles.